The standard InChI is InChI=1S/C14H26N2O2/c1-10(2)8-13-14(11(3)4)12(16-18-13)9-15-6-7-17-5/h10-11,15H,6-9H2,1-5H3. The van der Waals surface area contributed by atoms with Crippen LogP contribution >= 0.6 is 0 Å². The van der Waals surface area contributed by atoms with Gasteiger partial charge in [0.05, 0.1) is 6.61 Å². The van der Waals surface area contributed by atoms with E-state index in [-0.39, 0.29) is 0 Å². The summed E-state index contributed by atoms with van der Waals surface area (Å²) in [6, 6.07) is 0. The molecule has 1 N–H and O–H groups in total. The van der Waals surface area contributed by atoms with Gasteiger partial charge in [0, 0.05) is 32.2 Å². The molecule has 18 heavy (non-hydrogen) atoms. The molecule has 0 saturated carbocycles. The van der Waals surface area contributed by atoms with Crippen molar-refractivity contribution >= 4 is 0 Å². The third-order valence-electron chi connectivity index (χ3n) is 2.82. The van der Waals surface area contributed by atoms with E-state index < -0.39 is 0 Å². The van der Waals surface area contributed by atoms with Gasteiger partial charge in [0.2, 0.25) is 0 Å². The third-order valence-corrected chi connectivity index (χ3v) is 2.82. The predicted molar refractivity (Wildman–Crippen MR) is 72.7 cm³/mol. The van der Waals surface area contributed by atoms with Gasteiger partial charge in [-0.2, -0.15) is 0 Å². The van der Waals surface area contributed by atoms with E-state index in [1.807, 2.05) is 0 Å². The van der Waals surface area contributed by atoms with Gasteiger partial charge < -0.3 is 14.6 Å². The number of nitrogens with one attached hydrogen (secondary N) is 1. The number of hydrogen-bond donors (Lipinski definition) is 1. The van der Waals surface area contributed by atoms with E-state index >= 15 is 0 Å². The Bertz CT molecular complexity index is 346. The van der Waals surface area contributed by atoms with Crippen LogP contribution in [0.2, 0.25) is 0 Å². The highest BCUT2D eigenvalue weighted by molar-refractivity contribution is 5.26. The molecule has 0 aromatic carbocycles. The zero-order valence-corrected chi connectivity index (χ0v) is 12.2. The van der Waals surface area contributed by atoms with Crippen molar-refractivity contribution in [2.75, 3.05) is 20.3 Å². The van der Waals surface area contributed by atoms with Gasteiger partial charge in [-0.1, -0.05) is 32.9 Å². The first-order valence-electron chi connectivity index (χ1n) is 6.73. The lowest BCUT2D eigenvalue weighted by Crippen LogP contribution is -2.19. The van der Waals surface area contributed by atoms with Gasteiger partial charge in [-0.15, -0.1) is 0 Å². The van der Waals surface area contributed by atoms with E-state index in [2.05, 4.69) is 38.2 Å². The van der Waals surface area contributed by atoms with Crippen molar-refractivity contribution in [1.29, 1.82) is 0 Å². The summed E-state index contributed by atoms with van der Waals surface area (Å²) in [4.78, 5) is 0. The van der Waals surface area contributed by atoms with Crippen LogP contribution in [0.15, 0.2) is 4.52 Å². The summed E-state index contributed by atoms with van der Waals surface area (Å²) in [6.45, 7) is 11.1. The van der Waals surface area contributed by atoms with E-state index in [4.69, 9.17) is 9.26 Å². The maximum Gasteiger partial charge on any atom is 0.140 e. The lowest BCUT2D eigenvalue weighted by Gasteiger charge is -2.09. The molecule has 0 saturated heterocycles. The predicted octanol–water partition coefficient (Wildman–Crippen LogP) is 2.73. The van der Waals surface area contributed by atoms with Crippen molar-refractivity contribution in [3.05, 3.63) is 17.0 Å². The lowest BCUT2D eigenvalue weighted by molar-refractivity contribution is 0.199. The van der Waals surface area contributed by atoms with Gasteiger partial charge in [0.15, 0.2) is 0 Å². The summed E-state index contributed by atoms with van der Waals surface area (Å²) in [6.07, 6.45) is 0.957. The van der Waals surface area contributed by atoms with Crippen LogP contribution in [-0.2, 0) is 17.7 Å². The zero-order valence-electron chi connectivity index (χ0n) is 12.2. The Morgan fingerprint density at radius 1 is 1.28 bits per heavy atom. The van der Waals surface area contributed by atoms with Gasteiger partial charge in [0.1, 0.15) is 11.5 Å². The fraction of sp³-hybridized carbons (Fsp3) is 0.786. The molecule has 0 aliphatic heterocycles. The van der Waals surface area contributed by atoms with Crippen LogP contribution < -0.4 is 5.32 Å². The second-order valence-electron chi connectivity index (χ2n) is 5.39. The van der Waals surface area contributed by atoms with Crippen LogP contribution in [0, 0.1) is 5.92 Å². The normalized spacial score (nSPS) is 11.7. The van der Waals surface area contributed by atoms with E-state index in [0.29, 0.717) is 18.4 Å². The number of nitrogens with zero attached hydrogens (tertiary/aromatic N) is 1. The monoisotopic (exact) mass is 254 g/mol. The second-order valence-corrected chi connectivity index (χ2v) is 5.39. The first-order valence-corrected chi connectivity index (χ1v) is 6.73. The molecule has 1 aromatic heterocycles. The molecular formula is C14H26N2O2. The minimum Gasteiger partial charge on any atom is -0.383 e. The number of methoxy groups -OCH3 is 1. The average Bonchev–Trinajstić information content (AvgIpc) is 2.66. The molecule has 0 aliphatic carbocycles. The maximum absolute atomic E-state index is 5.50. The number of aromatic nitrogens is 1. The first-order chi connectivity index (χ1) is 8.56. The van der Waals surface area contributed by atoms with Crippen LogP contribution in [0.25, 0.3) is 0 Å². The number of ether oxygens (including phenoxy) is 1. The van der Waals surface area contributed by atoms with Crippen molar-refractivity contribution in [1.82, 2.24) is 10.5 Å². The minimum atomic E-state index is 0.448. The van der Waals surface area contributed by atoms with E-state index in [0.717, 1.165) is 31.0 Å². The van der Waals surface area contributed by atoms with Gasteiger partial charge >= 0.3 is 0 Å². The smallest absolute Gasteiger partial charge is 0.140 e. The Kier molecular flexibility index (Phi) is 6.36. The third kappa shape index (κ3) is 4.42. The quantitative estimate of drug-likeness (QED) is 0.725. The first kappa shape index (κ1) is 15.2. The highest BCUT2D eigenvalue weighted by atomic mass is 16.5. The topological polar surface area (TPSA) is 47.3 Å². The molecule has 0 fully saturated rings. The molecule has 0 amide bonds. The summed E-state index contributed by atoms with van der Waals surface area (Å²) < 4.78 is 10.5. The van der Waals surface area contributed by atoms with Crippen LogP contribution in [-0.4, -0.2) is 25.4 Å². The molecule has 104 valence electrons. The Morgan fingerprint density at radius 3 is 2.56 bits per heavy atom. The molecule has 0 spiro atoms. The highest BCUT2D eigenvalue weighted by Crippen LogP contribution is 2.25. The number of hydrogen-bond acceptors (Lipinski definition) is 4. The largest absolute Gasteiger partial charge is 0.383 e. The Balaban J connectivity index is 2.69. The molecule has 0 aliphatic rings. The zero-order chi connectivity index (χ0) is 13.5. The minimum absolute atomic E-state index is 0.448. The van der Waals surface area contributed by atoms with Crippen LogP contribution in [0.5, 0.6) is 0 Å². The molecule has 0 bridgehead atoms. The summed E-state index contributed by atoms with van der Waals surface area (Å²) in [5.74, 6) is 2.08. The fourth-order valence-corrected chi connectivity index (χ4v) is 2.05. The Hall–Kier alpha value is -0.870. The summed E-state index contributed by atoms with van der Waals surface area (Å²) in [5, 5.41) is 7.53. The molecule has 4 nitrogen and oxygen atoms in total. The van der Waals surface area contributed by atoms with Crippen molar-refractivity contribution in [3.63, 3.8) is 0 Å². The Morgan fingerprint density at radius 2 is 2.00 bits per heavy atom. The molecule has 0 atom stereocenters. The molecule has 1 aromatic rings. The van der Waals surface area contributed by atoms with Crippen LogP contribution in [0.1, 0.15) is 50.6 Å². The van der Waals surface area contributed by atoms with Gasteiger partial charge in [-0.05, 0) is 11.8 Å². The molecule has 0 radical (unpaired) electrons. The van der Waals surface area contributed by atoms with Crippen molar-refractivity contribution in [2.45, 2.75) is 46.6 Å². The molecule has 1 heterocycles. The molecule has 0 unspecified atom stereocenters. The van der Waals surface area contributed by atoms with Gasteiger partial charge in [-0.25, -0.2) is 0 Å². The molecule has 4 heteroatoms. The lowest BCUT2D eigenvalue weighted by atomic mass is 9.96. The van der Waals surface area contributed by atoms with E-state index in [9.17, 15) is 0 Å². The molecule has 1 rings (SSSR count). The van der Waals surface area contributed by atoms with E-state index in [1.165, 1.54) is 5.56 Å². The van der Waals surface area contributed by atoms with Crippen molar-refractivity contribution < 1.29 is 9.26 Å². The fourth-order valence-electron chi connectivity index (χ4n) is 2.05. The van der Waals surface area contributed by atoms with Gasteiger partial charge in [0.25, 0.3) is 0 Å². The van der Waals surface area contributed by atoms with Crippen molar-refractivity contribution in [3.8, 4) is 0 Å². The van der Waals surface area contributed by atoms with Crippen LogP contribution in [0.4, 0.5) is 0 Å². The van der Waals surface area contributed by atoms with Crippen LogP contribution in [0.3, 0.4) is 0 Å². The average molecular weight is 254 g/mol. The number of rotatable bonds is 8. The van der Waals surface area contributed by atoms with E-state index in [1.54, 1.807) is 7.11 Å². The summed E-state index contributed by atoms with van der Waals surface area (Å²) >= 11 is 0. The maximum atomic E-state index is 5.50. The van der Waals surface area contributed by atoms with Crippen molar-refractivity contribution in [2.24, 2.45) is 5.92 Å². The summed E-state index contributed by atoms with van der Waals surface area (Å²) in [5.41, 5.74) is 2.31. The highest BCUT2D eigenvalue weighted by Gasteiger charge is 2.19. The SMILES string of the molecule is COCCNCc1noc(CC(C)C)c1C(C)C. The molecular weight excluding hydrogens is 228 g/mol. The Labute approximate surface area is 110 Å². The van der Waals surface area contributed by atoms with Gasteiger partial charge in [-0.3, -0.25) is 0 Å². The summed E-state index contributed by atoms with van der Waals surface area (Å²) in [7, 11) is 1.71. The second kappa shape index (κ2) is 7.54.